The molecule has 7 rings (SSSR count). The molecule has 15 nitrogen and oxygen atoms in total. The highest BCUT2D eigenvalue weighted by molar-refractivity contribution is 5.97. The summed E-state index contributed by atoms with van der Waals surface area (Å²) in [4.78, 5) is 40.5. The van der Waals surface area contributed by atoms with Crippen molar-refractivity contribution in [2.75, 3.05) is 116 Å². The predicted octanol–water partition coefficient (Wildman–Crippen LogP) is 6.09. The number of aromatic nitrogens is 2. The molecular weight excluding hydrogens is 906 g/mol. The summed E-state index contributed by atoms with van der Waals surface area (Å²) in [6.07, 6.45) is 6.32. The van der Waals surface area contributed by atoms with Gasteiger partial charge >= 0.3 is 0 Å². The van der Waals surface area contributed by atoms with Gasteiger partial charge in [0.05, 0.1) is 83.4 Å². The number of anilines is 2. The molecular formula is C55H70FN7O8. The Hall–Kier alpha value is -5.69. The lowest BCUT2D eigenvalue weighted by molar-refractivity contribution is -0.121. The number of amides is 2. The minimum absolute atomic E-state index is 0.0775. The summed E-state index contributed by atoms with van der Waals surface area (Å²) in [6.45, 7) is 13.5. The van der Waals surface area contributed by atoms with Crippen molar-refractivity contribution in [1.29, 1.82) is 0 Å². The standard InChI is InChI=1S/C55H70FN7O8/c1-40-36-62(48(35-59-40)38-66-4)37-52(64)63-39-55(2,3)53-50(63)33-42(34-60-53)30-45-9-5-6-11-51(45)71-29-28-70-27-26-69-25-24-68-23-22-67-21-20-58-49(32-41-8-7-10-46(56)31-41)54(65)61-47-14-12-43(13-15-47)44-16-18-57-19-17-44/h5-19,31,33-34,40,48-49,58-59H,20-30,32,35-39H2,1-4H3,(H,61,65)/t40-,48-,49-/m1/s1. The van der Waals surface area contributed by atoms with Crippen LogP contribution >= 0.6 is 0 Å². The van der Waals surface area contributed by atoms with Gasteiger partial charge in [-0.05, 0) is 89.7 Å². The minimum atomic E-state index is -0.611. The molecule has 16 heteroatoms. The second kappa shape index (κ2) is 27.2. The van der Waals surface area contributed by atoms with Gasteiger partial charge in [0, 0.05) is 81.5 Å². The summed E-state index contributed by atoms with van der Waals surface area (Å²) in [5.41, 5.74) is 7.02. The quantitative estimate of drug-likeness (QED) is 0.0496. The SMILES string of the molecule is COC[C@H]1CN[C@H](C)CN1CC(=O)N1CC(C)(C)c2ncc(Cc3ccccc3OCCOCCOCCOCCOCCN[C@H](Cc3cccc(F)c3)C(=O)Nc3ccc(-c4ccncc4)cc3)cc21. The topological polar surface area (TPSA) is 158 Å². The molecule has 0 spiro atoms. The van der Waals surface area contributed by atoms with Crippen LogP contribution in [-0.4, -0.2) is 151 Å². The monoisotopic (exact) mass is 976 g/mol. The van der Waals surface area contributed by atoms with Gasteiger partial charge in [0.15, 0.2) is 0 Å². The molecule has 2 aliphatic heterocycles. The smallest absolute Gasteiger partial charge is 0.241 e. The average Bonchev–Trinajstić information content (AvgIpc) is 3.64. The number of methoxy groups -OCH3 is 1. The highest BCUT2D eigenvalue weighted by atomic mass is 19.1. The van der Waals surface area contributed by atoms with E-state index in [-0.39, 0.29) is 29.1 Å². The van der Waals surface area contributed by atoms with Gasteiger partial charge in [0.25, 0.3) is 0 Å². The van der Waals surface area contributed by atoms with Gasteiger partial charge in [0.1, 0.15) is 18.2 Å². The molecule has 1 fully saturated rings. The van der Waals surface area contributed by atoms with E-state index in [2.05, 4.69) is 58.7 Å². The van der Waals surface area contributed by atoms with Crippen molar-refractivity contribution in [2.45, 2.75) is 57.2 Å². The first-order chi connectivity index (χ1) is 34.6. The third-order valence-corrected chi connectivity index (χ3v) is 12.6. The van der Waals surface area contributed by atoms with E-state index in [9.17, 15) is 14.0 Å². The summed E-state index contributed by atoms with van der Waals surface area (Å²) in [5.74, 6) is 0.285. The van der Waals surface area contributed by atoms with Gasteiger partial charge in [-0.15, -0.1) is 0 Å². The molecule has 3 N–H and O–H groups in total. The number of carbonyl (C=O) groups excluding carboxylic acids is 2. The molecule has 2 aliphatic rings. The van der Waals surface area contributed by atoms with Crippen molar-refractivity contribution in [3.8, 4) is 16.9 Å². The first kappa shape index (κ1) is 53.1. The fourth-order valence-corrected chi connectivity index (χ4v) is 8.90. The molecule has 3 atom stereocenters. The number of nitrogens with zero attached hydrogens (tertiary/aromatic N) is 4. The number of ether oxygens (including phenoxy) is 6. The first-order valence-corrected chi connectivity index (χ1v) is 24.6. The first-order valence-electron chi connectivity index (χ1n) is 24.6. The number of carbonyl (C=O) groups is 2. The lowest BCUT2D eigenvalue weighted by Crippen LogP contribution is -2.59. The highest BCUT2D eigenvalue weighted by Crippen LogP contribution is 2.40. The third kappa shape index (κ3) is 16.2. The maximum atomic E-state index is 14.0. The van der Waals surface area contributed by atoms with Gasteiger partial charge in [-0.25, -0.2) is 4.39 Å². The second-order valence-corrected chi connectivity index (χ2v) is 18.6. The molecule has 0 aliphatic carbocycles. The number of hydrogen-bond acceptors (Lipinski definition) is 13. The van der Waals surface area contributed by atoms with E-state index in [4.69, 9.17) is 33.4 Å². The van der Waals surface area contributed by atoms with Gasteiger partial charge in [-0.1, -0.05) is 56.3 Å². The van der Waals surface area contributed by atoms with Crippen LogP contribution in [-0.2, 0) is 51.5 Å². The van der Waals surface area contributed by atoms with Crippen LogP contribution in [0.3, 0.4) is 0 Å². The van der Waals surface area contributed by atoms with Gasteiger partial charge in [-0.2, -0.15) is 0 Å². The van der Waals surface area contributed by atoms with Crippen LogP contribution in [0.4, 0.5) is 15.8 Å². The maximum Gasteiger partial charge on any atom is 0.241 e. The van der Waals surface area contributed by atoms with Crippen molar-refractivity contribution in [3.05, 3.63) is 138 Å². The summed E-state index contributed by atoms with van der Waals surface area (Å²) < 4.78 is 48.5. The molecule has 5 aromatic rings. The van der Waals surface area contributed by atoms with Crippen LogP contribution in [0, 0.1) is 5.82 Å². The number of para-hydroxylation sites is 1. The number of rotatable bonds is 28. The Balaban J connectivity index is 0.748. The van der Waals surface area contributed by atoms with Crippen LogP contribution in [0.2, 0.25) is 0 Å². The molecule has 2 aromatic heterocycles. The third-order valence-electron chi connectivity index (χ3n) is 12.6. The summed E-state index contributed by atoms with van der Waals surface area (Å²) in [7, 11) is 1.70. The molecule has 71 heavy (non-hydrogen) atoms. The highest BCUT2D eigenvalue weighted by Gasteiger charge is 2.40. The summed E-state index contributed by atoms with van der Waals surface area (Å²) in [6, 6.07) is 27.7. The molecule has 1 saturated heterocycles. The van der Waals surface area contributed by atoms with Crippen LogP contribution in [0.1, 0.15) is 43.2 Å². The Morgan fingerprint density at radius 2 is 1.52 bits per heavy atom. The van der Waals surface area contributed by atoms with Crippen LogP contribution < -0.4 is 25.6 Å². The Morgan fingerprint density at radius 1 is 0.831 bits per heavy atom. The maximum absolute atomic E-state index is 14.0. The van der Waals surface area contributed by atoms with Gasteiger partial charge < -0.3 is 49.3 Å². The fourth-order valence-electron chi connectivity index (χ4n) is 8.90. The zero-order valence-corrected chi connectivity index (χ0v) is 41.6. The average molecular weight is 976 g/mol. The predicted molar refractivity (Wildman–Crippen MR) is 273 cm³/mol. The van der Waals surface area contributed by atoms with E-state index in [0.29, 0.717) is 116 Å². The number of fused-ring (bicyclic) bond motifs is 1. The molecule has 380 valence electrons. The lowest BCUT2D eigenvalue weighted by atomic mass is 9.91. The Labute approximate surface area is 417 Å². The molecule has 0 saturated carbocycles. The largest absolute Gasteiger partial charge is 0.491 e. The van der Waals surface area contributed by atoms with E-state index in [1.54, 1.807) is 31.6 Å². The number of nitrogens with one attached hydrogen (secondary N) is 3. The Bertz CT molecular complexity index is 2430. The zero-order chi connectivity index (χ0) is 49.8. The molecule has 0 radical (unpaired) electrons. The Kier molecular flexibility index (Phi) is 20.4. The van der Waals surface area contributed by atoms with E-state index < -0.39 is 6.04 Å². The van der Waals surface area contributed by atoms with Crippen LogP contribution in [0.15, 0.2) is 110 Å². The minimum Gasteiger partial charge on any atom is -0.491 e. The van der Waals surface area contributed by atoms with Gasteiger partial charge in [0.2, 0.25) is 11.8 Å². The van der Waals surface area contributed by atoms with Crippen molar-refractivity contribution in [3.63, 3.8) is 0 Å². The number of halogens is 1. The zero-order valence-electron chi connectivity index (χ0n) is 41.6. The van der Waals surface area contributed by atoms with Crippen molar-refractivity contribution < 1.29 is 42.4 Å². The number of piperazine rings is 1. The second-order valence-electron chi connectivity index (χ2n) is 18.6. The summed E-state index contributed by atoms with van der Waals surface area (Å²) in [5, 5.41) is 9.76. The van der Waals surface area contributed by atoms with E-state index in [1.807, 2.05) is 65.7 Å². The molecule has 0 unspecified atom stereocenters. The number of hydrogen-bond donors (Lipinski definition) is 3. The summed E-state index contributed by atoms with van der Waals surface area (Å²) >= 11 is 0. The lowest BCUT2D eigenvalue weighted by Gasteiger charge is -2.39. The van der Waals surface area contributed by atoms with Crippen LogP contribution in [0.25, 0.3) is 11.1 Å². The molecule has 3 aromatic carbocycles. The van der Waals surface area contributed by atoms with Crippen molar-refractivity contribution in [2.24, 2.45) is 0 Å². The van der Waals surface area contributed by atoms with Gasteiger partial charge in [-0.3, -0.25) is 24.5 Å². The molecule has 4 heterocycles. The number of benzene rings is 3. The molecule has 2 amide bonds. The normalized spacial score (nSPS) is 16.9. The van der Waals surface area contributed by atoms with Crippen molar-refractivity contribution in [1.82, 2.24) is 25.5 Å². The Morgan fingerprint density at radius 3 is 2.24 bits per heavy atom. The molecule has 0 bridgehead atoms. The fraction of sp³-hybridized carbons (Fsp3) is 0.455. The van der Waals surface area contributed by atoms with Crippen molar-refractivity contribution >= 4 is 23.2 Å². The van der Waals surface area contributed by atoms with E-state index >= 15 is 0 Å². The van der Waals surface area contributed by atoms with E-state index in [0.717, 1.165) is 52.5 Å². The van der Waals surface area contributed by atoms with E-state index in [1.165, 1.54) is 12.1 Å². The van der Waals surface area contributed by atoms with Crippen LogP contribution in [0.5, 0.6) is 5.75 Å². The number of pyridine rings is 2.